The minimum absolute atomic E-state index is 0.167. The van der Waals surface area contributed by atoms with E-state index in [2.05, 4.69) is 5.32 Å². The van der Waals surface area contributed by atoms with Gasteiger partial charge in [0.15, 0.2) is 0 Å². The zero-order valence-electron chi connectivity index (χ0n) is 16.3. The molecular weight excluding hydrogens is 372 g/mol. The maximum absolute atomic E-state index is 12.4. The van der Waals surface area contributed by atoms with Crippen molar-refractivity contribution in [2.75, 3.05) is 39.2 Å². The van der Waals surface area contributed by atoms with Crippen LogP contribution in [0.5, 0.6) is 0 Å². The van der Waals surface area contributed by atoms with Crippen molar-refractivity contribution in [2.24, 2.45) is 0 Å². The SMILES string of the molecule is COC(=O)c1sc(NC(=O)CC[NH+]2C[C@@H](C)O[C@@H](C)C2)c(C(=O)OC)c1C. The largest absolute Gasteiger partial charge is 0.465 e. The molecule has 1 saturated heterocycles. The minimum Gasteiger partial charge on any atom is -0.465 e. The van der Waals surface area contributed by atoms with E-state index in [0.29, 0.717) is 23.5 Å². The number of ether oxygens (including phenoxy) is 3. The van der Waals surface area contributed by atoms with E-state index in [1.165, 1.54) is 19.1 Å². The predicted octanol–water partition coefficient (Wildman–Crippen LogP) is 0.650. The summed E-state index contributed by atoms with van der Waals surface area (Å²) in [6.45, 7) is 8.07. The molecule has 1 aromatic heterocycles. The van der Waals surface area contributed by atoms with Crippen LogP contribution in [0.15, 0.2) is 0 Å². The lowest BCUT2D eigenvalue weighted by Crippen LogP contribution is -3.15. The highest BCUT2D eigenvalue weighted by Gasteiger charge is 2.28. The van der Waals surface area contributed by atoms with Crippen LogP contribution in [-0.4, -0.2) is 63.9 Å². The van der Waals surface area contributed by atoms with Crippen LogP contribution in [0.2, 0.25) is 0 Å². The average Bonchev–Trinajstić information content (AvgIpc) is 2.94. The summed E-state index contributed by atoms with van der Waals surface area (Å²) < 4.78 is 15.2. The summed E-state index contributed by atoms with van der Waals surface area (Å²) in [4.78, 5) is 38.0. The number of esters is 2. The fraction of sp³-hybridized carbons (Fsp3) is 0.611. The highest BCUT2D eigenvalue weighted by Crippen LogP contribution is 2.34. The monoisotopic (exact) mass is 399 g/mol. The maximum Gasteiger partial charge on any atom is 0.348 e. The molecule has 1 aliphatic heterocycles. The third kappa shape index (κ3) is 5.27. The Morgan fingerprint density at radius 1 is 1.15 bits per heavy atom. The molecule has 0 saturated carbocycles. The Balaban J connectivity index is 2.08. The Morgan fingerprint density at radius 3 is 2.30 bits per heavy atom. The number of carbonyl (C=O) groups is 3. The molecule has 2 N–H and O–H groups in total. The van der Waals surface area contributed by atoms with Crippen LogP contribution in [0.25, 0.3) is 0 Å². The van der Waals surface area contributed by atoms with Crippen molar-refractivity contribution in [1.82, 2.24) is 0 Å². The van der Waals surface area contributed by atoms with Gasteiger partial charge in [0.05, 0.1) is 32.7 Å². The normalized spacial score (nSPS) is 22.2. The molecule has 0 spiro atoms. The molecule has 0 radical (unpaired) electrons. The van der Waals surface area contributed by atoms with Gasteiger partial charge in [-0.25, -0.2) is 9.59 Å². The van der Waals surface area contributed by atoms with Gasteiger partial charge in [-0.3, -0.25) is 4.79 Å². The minimum atomic E-state index is -0.601. The smallest absolute Gasteiger partial charge is 0.348 e. The molecule has 0 aromatic carbocycles. The first-order valence-electron chi connectivity index (χ1n) is 8.85. The van der Waals surface area contributed by atoms with Crippen LogP contribution in [0.3, 0.4) is 0 Å². The summed E-state index contributed by atoms with van der Waals surface area (Å²) >= 11 is 1.02. The van der Waals surface area contributed by atoms with Gasteiger partial charge in [0.2, 0.25) is 5.91 Å². The van der Waals surface area contributed by atoms with Gasteiger partial charge in [-0.15, -0.1) is 11.3 Å². The van der Waals surface area contributed by atoms with E-state index < -0.39 is 11.9 Å². The van der Waals surface area contributed by atoms with Gasteiger partial charge < -0.3 is 24.4 Å². The summed E-state index contributed by atoms with van der Waals surface area (Å²) in [5.74, 6) is -1.36. The highest BCUT2D eigenvalue weighted by atomic mass is 32.1. The van der Waals surface area contributed by atoms with Crippen molar-refractivity contribution in [3.05, 3.63) is 16.0 Å². The number of methoxy groups -OCH3 is 2. The zero-order chi connectivity index (χ0) is 20.1. The molecule has 1 aromatic rings. The van der Waals surface area contributed by atoms with E-state index in [-0.39, 0.29) is 28.6 Å². The van der Waals surface area contributed by atoms with E-state index in [9.17, 15) is 14.4 Å². The Morgan fingerprint density at radius 2 is 1.74 bits per heavy atom. The molecule has 27 heavy (non-hydrogen) atoms. The fourth-order valence-corrected chi connectivity index (χ4v) is 4.44. The quantitative estimate of drug-likeness (QED) is 0.682. The van der Waals surface area contributed by atoms with Crippen molar-refractivity contribution in [3.63, 3.8) is 0 Å². The predicted molar refractivity (Wildman–Crippen MR) is 101 cm³/mol. The van der Waals surface area contributed by atoms with E-state index in [1.807, 2.05) is 13.8 Å². The number of amides is 1. The lowest BCUT2D eigenvalue weighted by Gasteiger charge is -2.32. The lowest BCUT2D eigenvalue weighted by atomic mass is 10.1. The molecule has 1 unspecified atom stereocenters. The van der Waals surface area contributed by atoms with Crippen LogP contribution in [0.1, 0.15) is 45.9 Å². The third-order valence-corrected chi connectivity index (χ3v) is 5.67. The fourth-order valence-electron chi connectivity index (χ4n) is 3.31. The lowest BCUT2D eigenvalue weighted by molar-refractivity contribution is -0.914. The van der Waals surface area contributed by atoms with E-state index in [1.54, 1.807) is 6.92 Å². The number of anilines is 1. The first-order valence-corrected chi connectivity index (χ1v) is 9.67. The van der Waals surface area contributed by atoms with Gasteiger partial charge in [-0.1, -0.05) is 0 Å². The standard InChI is InChI=1S/C18H26N2O6S/c1-10-8-20(9-11(2)26-10)7-6-13(21)19-16-14(17(22)24-4)12(3)15(27-16)18(23)25-5/h10-11H,6-9H2,1-5H3,(H,19,21)/p+1/t10-,11+. The third-order valence-electron chi connectivity index (χ3n) is 4.48. The molecule has 1 aliphatic rings. The average molecular weight is 399 g/mol. The van der Waals surface area contributed by atoms with Crippen molar-refractivity contribution in [2.45, 2.75) is 39.4 Å². The molecule has 9 heteroatoms. The Bertz CT molecular complexity index is 707. The number of nitrogens with one attached hydrogen (secondary N) is 2. The molecule has 0 aliphatic carbocycles. The Labute approximate surface area is 162 Å². The number of carbonyl (C=O) groups excluding carboxylic acids is 3. The van der Waals surface area contributed by atoms with Crippen LogP contribution in [-0.2, 0) is 19.0 Å². The van der Waals surface area contributed by atoms with Crippen LogP contribution in [0.4, 0.5) is 5.00 Å². The van der Waals surface area contributed by atoms with E-state index >= 15 is 0 Å². The summed E-state index contributed by atoms with van der Waals surface area (Å²) in [5, 5.41) is 3.06. The highest BCUT2D eigenvalue weighted by molar-refractivity contribution is 7.18. The van der Waals surface area contributed by atoms with Gasteiger partial charge in [0, 0.05) is 0 Å². The van der Waals surface area contributed by atoms with Gasteiger partial charge in [0.25, 0.3) is 0 Å². The van der Waals surface area contributed by atoms with Crippen LogP contribution < -0.4 is 10.2 Å². The van der Waals surface area contributed by atoms with Crippen molar-refractivity contribution < 1.29 is 33.5 Å². The van der Waals surface area contributed by atoms with Gasteiger partial charge in [-0.2, -0.15) is 0 Å². The molecule has 1 amide bonds. The maximum atomic E-state index is 12.4. The number of thiophene rings is 1. The second-order valence-electron chi connectivity index (χ2n) is 6.71. The first-order chi connectivity index (χ1) is 12.8. The summed E-state index contributed by atoms with van der Waals surface area (Å²) in [6.07, 6.45) is 0.639. The number of hydrogen-bond acceptors (Lipinski definition) is 7. The zero-order valence-corrected chi connectivity index (χ0v) is 17.2. The van der Waals surface area contributed by atoms with Crippen molar-refractivity contribution in [1.29, 1.82) is 0 Å². The molecule has 150 valence electrons. The topological polar surface area (TPSA) is 95.4 Å². The molecule has 1 fully saturated rings. The molecule has 8 nitrogen and oxygen atoms in total. The number of hydrogen-bond donors (Lipinski definition) is 2. The molecule has 3 atom stereocenters. The van der Waals surface area contributed by atoms with Crippen molar-refractivity contribution >= 4 is 34.2 Å². The Kier molecular flexibility index (Phi) is 7.34. The second-order valence-corrected chi connectivity index (χ2v) is 7.73. The van der Waals surface area contributed by atoms with Crippen LogP contribution >= 0.6 is 11.3 Å². The van der Waals surface area contributed by atoms with E-state index in [0.717, 1.165) is 24.4 Å². The van der Waals surface area contributed by atoms with Crippen LogP contribution in [0, 0.1) is 6.92 Å². The molecule has 0 bridgehead atoms. The number of rotatable bonds is 6. The van der Waals surface area contributed by atoms with Gasteiger partial charge in [0.1, 0.15) is 35.2 Å². The van der Waals surface area contributed by atoms with Gasteiger partial charge in [-0.05, 0) is 26.3 Å². The van der Waals surface area contributed by atoms with E-state index in [4.69, 9.17) is 14.2 Å². The molecular formula is C18H27N2O6S+. The summed E-state index contributed by atoms with van der Waals surface area (Å²) in [6, 6.07) is 0. The number of quaternary nitrogens is 1. The molecule has 2 rings (SSSR count). The number of morpholine rings is 1. The second kappa shape index (κ2) is 9.29. The van der Waals surface area contributed by atoms with Crippen molar-refractivity contribution in [3.8, 4) is 0 Å². The summed E-state index contributed by atoms with van der Waals surface area (Å²) in [5.41, 5.74) is 0.632. The molecule has 2 heterocycles. The summed E-state index contributed by atoms with van der Waals surface area (Å²) in [7, 11) is 2.53. The Hall–Kier alpha value is -1.97. The first kappa shape index (κ1) is 21.3. The van der Waals surface area contributed by atoms with Gasteiger partial charge >= 0.3 is 11.9 Å².